The van der Waals surface area contributed by atoms with E-state index < -0.39 is 0 Å². The van der Waals surface area contributed by atoms with Crippen molar-refractivity contribution in [3.8, 4) is 28.4 Å². The molecule has 0 amide bonds. The van der Waals surface area contributed by atoms with Crippen molar-refractivity contribution < 1.29 is 28.5 Å². The minimum absolute atomic E-state index is 0.0313. The molecule has 0 aliphatic carbocycles. The van der Waals surface area contributed by atoms with E-state index in [-0.39, 0.29) is 11.4 Å². The fraction of sp³-hybridized carbons (Fsp3) is 0.409. The maximum atomic E-state index is 11.8. The molecule has 1 fully saturated rings. The molecule has 2 aliphatic heterocycles. The van der Waals surface area contributed by atoms with E-state index in [0.29, 0.717) is 49.2 Å². The Kier molecular flexibility index (Phi) is 4.89. The number of cyclic esters (lactones) is 1. The summed E-state index contributed by atoms with van der Waals surface area (Å²) in [6, 6.07) is 9.48. The number of carbonyl (C=O) groups is 1. The molecular weight excluding hydrogens is 360 g/mol. The lowest BCUT2D eigenvalue weighted by Gasteiger charge is -2.40. The van der Waals surface area contributed by atoms with Gasteiger partial charge in [0.05, 0.1) is 45.0 Å². The van der Waals surface area contributed by atoms with E-state index in [1.54, 1.807) is 20.3 Å². The van der Waals surface area contributed by atoms with Crippen molar-refractivity contribution in [1.82, 2.24) is 0 Å². The smallest absolute Gasteiger partial charge is 0.338 e. The highest BCUT2D eigenvalue weighted by Crippen LogP contribution is 2.46. The molecule has 148 valence electrons. The van der Waals surface area contributed by atoms with E-state index in [1.807, 2.05) is 24.3 Å². The van der Waals surface area contributed by atoms with Crippen LogP contribution in [-0.4, -0.2) is 40.0 Å². The van der Waals surface area contributed by atoms with Crippen molar-refractivity contribution in [3.05, 3.63) is 41.5 Å². The fourth-order valence-corrected chi connectivity index (χ4v) is 3.58. The van der Waals surface area contributed by atoms with Crippen molar-refractivity contribution in [2.24, 2.45) is 5.41 Å². The van der Waals surface area contributed by atoms with Gasteiger partial charge in [0.25, 0.3) is 0 Å². The summed E-state index contributed by atoms with van der Waals surface area (Å²) >= 11 is 0. The third kappa shape index (κ3) is 3.07. The number of ether oxygens (including phenoxy) is 5. The third-order valence-electron chi connectivity index (χ3n) is 5.58. The van der Waals surface area contributed by atoms with Gasteiger partial charge in [-0.1, -0.05) is 13.0 Å². The Bertz CT molecular complexity index is 895. The zero-order chi connectivity index (χ0) is 19.7. The molecule has 2 aromatic rings. The molecule has 0 spiro atoms. The van der Waals surface area contributed by atoms with E-state index in [2.05, 4.69) is 6.92 Å². The molecule has 28 heavy (non-hydrogen) atoms. The van der Waals surface area contributed by atoms with E-state index in [4.69, 9.17) is 23.7 Å². The van der Waals surface area contributed by atoms with Crippen LogP contribution in [0.1, 0.15) is 29.3 Å². The van der Waals surface area contributed by atoms with Gasteiger partial charge in [0.15, 0.2) is 11.5 Å². The van der Waals surface area contributed by atoms with Crippen LogP contribution in [0.15, 0.2) is 30.3 Å². The number of fused-ring (bicyclic) bond motifs is 1. The van der Waals surface area contributed by atoms with Crippen molar-refractivity contribution in [2.75, 3.05) is 34.0 Å². The Morgan fingerprint density at radius 3 is 2.46 bits per heavy atom. The molecule has 0 aromatic heterocycles. The predicted octanol–water partition coefficient (Wildman–Crippen LogP) is 3.85. The van der Waals surface area contributed by atoms with E-state index in [0.717, 1.165) is 23.1 Å². The van der Waals surface area contributed by atoms with Crippen LogP contribution >= 0.6 is 0 Å². The van der Waals surface area contributed by atoms with E-state index in [1.165, 1.54) is 0 Å². The van der Waals surface area contributed by atoms with Gasteiger partial charge >= 0.3 is 5.97 Å². The molecule has 0 radical (unpaired) electrons. The summed E-state index contributed by atoms with van der Waals surface area (Å²) in [6.07, 6.45) is 0.979. The molecule has 0 saturated carbocycles. The van der Waals surface area contributed by atoms with Gasteiger partial charge in [-0.2, -0.15) is 0 Å². The second-order valence-electron chi connectivity index (χ2n) is 7.26. The number of carbonyl (C=O) groups excluding carboxylic acids is 1. The molecular formula is C22H24O6. The lowest BCUT2D eigenvalue weighted by molar-refractivity contribution is -0.133. The molecule has 6 nitrogen and oxygen atoms in total. The SMILES string of the molecule is CCC1(COc2c(-c3ccc4c(c3)COC4=O)ccc(OC)c2OC)COC1. The number of esters is 1. The quantitative estimate of drug-likeness (QED) is 0.676. The zero-order valence-corrected chi connectivity index (χ0v) is 16.4. The topological polar surface area (TPSA) is 63.2 Å². The minimum atomic E-state index is -0.278. The standard InChI is InChI=1S/C22H24O6/c1-4-22(11-26-12-22)13-28-19-16(7-8-18(24-2)20(19)25-3)14-5-6-17-15(9-14)10-27-21(17)23/h5-9H,4,10-13H2,1-3H3. The summed E-state index contributed by atoms with van der Waals surface area (Å²) in [4.78, 5) is 11.8. The molecule has 1 saturated heterocycles. The van der Waals surface area contributed by atoms with E-state index in [9.17, 15) is 4.79 Å². The average Bonchev–Trinajstić information content (AvgIpc) is 3.07. The highest BCUT2D eigenvalue weighted by molar-refractivity contribution is 5.94. The summed E-state index contributed by atoms with van der Waals surface area (Å²) in [5, 5.41) is 0. The summed E-state index contributed by atoms with van der Waals surface area (Å²) < 4.78 is 27.9. The van der Waals surface area contributed by atoms with Crippen LogP contribution in [0.4, 0.5) is 0 Å². The Hall–Kier alpha value is -2.73. The molecule has 2 aliphatic rings. The summed E-state index contributed by atoms with van der Waals surface area (Å²) in [7, 11) is 3.21. The van der Waals surface area contributed by atoms with Crippen LogP contribution in [0.25, 0.3) is 11.1 Å². The first kappa shape index (κ1) is 18.6. The summed E-state index contributed by atoms with van der Waals surface area (Å²) in [6.45, 7) is 4.37. The van der Waals surface area contributed by atoms with Crippen LogP contribution in [0.3, 0.4) is 0 Å². The fourth-order valence-electron chi connectivity index (χ4n) is 3.58. The van der Waals surface area contributed by atoms with Crippen molar-refractivity contribution in [1.29, 1.82) is 0 Å². The van der Waals surface area contributed by atoms with Crippen LogP contribution in [0.2, 0.25) is 0 Å². The Morgan fingerprint density at radius 2 is 1.82 bits per heavy atom. The van der Waals surface area contributed by atoms with Gasteiger partial charge in [-0.3, -0.25) is 0 Å². The van der Waals surface area contributed by atoms with Crippen molar-refractivity contribution in [2.45, 2.75) is 20.0 Å². The predicted molar refractivity (Wildman–Crippen MR) is 103 cm³/mol. The van der Waals surface area contributed by atoms with Gasteiger partial charge in [-0.25, -0.2) is 4.79 Å². The first-order chi connectivity index (χ1) is 13.6. The zero-order valence-electron chi connectivity index (χ0n) is 16.4. The monoisotopic (exact) mass is 384 g/mol. The second kappa shape index (κ2) is 7.36. The van der Waals surface area contributed by atoms with E-state index >= 15 is 0 Å². The van der Waals surface area contributed by atoms with Crippen molar-refractivity contribution in [3.63, 3.8) is 0 Å². The van der Waals surface area contributed by atoms with Crippen molar-refractivity contribution >= 4 is 5.97 Å². The summed E-state index contributed by atoms with van der Waals surface area (Å²) in [5.41, 5.74) is 3.34. The molecule has 6 heteroatoms. The largest absolute Gasteiger partial charge is 0.493 e. The highest BCUT2D eigenvalue weighted by atomic mass is 16.5. The molecule has 2 heterocycles. The normalized spacial score (nSPS) is 16.8. The molecule has 2 aromatic carbocycles. The molecule has 0 atom stereocenters. The lowest BCUT2D eigenvalue weighted by Crippen LogP contribution is -2.46. The number of hydrogen-bond acceptors (Lipinski definition) is 6. The lowest BCUT2D eigenvalue weighted by atomic mass is 9.84. The number of hydrogen-bond donors (Lipinski definition) is 0. The Labute approximate surface area is 164 Å². The Morgan fingerprint density at radius 1 is 1.04 bits per heavy atom. The first-order valence-corrected chi connectivity index (χ1v) is 9.37. The van der Waals surface area contributed by atoms with Crippen LogP contribution in [0, 0.1) is 5.41 Å². The number of rotatable bonds is 7. The number of benzene rings is 2. The van der Waals surface area contributed by atoms with Crippen LogP contribution < -0.4 is 14.2 Å². The molecule has 0 N–H and O–H groups in total. The maximum absolute atomic E-state index is 11.8. The summed E-state index contributed by atoms with van der Waals surface area (Å²) in [5.74, 6) is 1.52. The van der Waals surface area contributed by atoms with Crippen LogP contribution in [0.5, 0.6) is 17.2 Å². The third-order valence-corrected chi connectivity index (χ3v) is 5.58. The van der Waals surface area contributed by atoms with Gasteiger partial charge in [0.2, 0.25) is 5.75 Å². The van der Waals surface area contributed by atoms with Gasteiger partial charge < -0.3 is 23.7 Å². The first-order valence-electron chi connectivity index (χ1n) is 9.37. The maximum Gasteiger partial charge on any atom is 0.338 e. The van der Waals surface area contributed by atoms with Gasteiger partial charge in [0, 0.05) is 11.1 Å². The highest BCUT2D eigenvalue weighted by Gasteiger charge is 2.38. The van der Waals surface area contributed by atoms with Gasteiger partial charge in [-0.15, -0.1) is 0 Å². The molecule has 0 bridgehead atoms. The molecule has 0 unspecified atom stereocenters. The van der Waals surface area contributed by atoms with Gasteiger partial charge in [-0.05, 0) is 36.2 Å². The number of methoxy groups -OCH3 is 2. The van der Waals surface area contributed by atoms with Crippen LogP contribution in [-0.2, 0) is 16.1 Å². The Balaban J connectivity index is 1.75. The average molecular weight is 384 g/mol. The van der Waals surface area contributed by atoms with Gasteiger partial charge in [0.1, 0.15) is 6.61 Å². The second-order valence-corrected chi connectivity index (χ2v) is 7.26. The molecule has 4 rings (SSSR count). The minimum Gasteiger partial charge on any atom is -0.493 e.